The number of pyridine rings is 2. The van der Waals surface area contributed by atoms with Gasteiger partial charge in [-0.05, 0) is 92.9 Å². The van der Waals surface area contributed by atoms with Crippen molar-refractivity contribution in [2.75, 3.05) is 38.7 Å². The number of carbonyl (C=O) groups is 1. The van der Waals surface area contributed by atoms with Crippen LogP contribution in [0.3, 0.4) is 0 Å². The number of likely N-dealkylation sites (tertiary alicyclic amines) is 1. The minimum absolute atomic E-state index is 0.0839. The van der Waals surface area contributed by atoms with Crippen LogP contribution < -0.4 is 25.0 Å². The lowest BCUT2D eigenvalue weighted by atomic mass is 9.99. The fourth-order valence-electron chi connectivity index (χ4n) is 6.53. The Morgan fingerprint density at radius 1 is 0.943 bits per heavy atom. The largest absolute Gasteiger partial charge is 0.493 e. The predicted octanol–water partition coefficient (Wildman–Crippen LogP) is 9.02. The molecule has 1 saturated heterocycles. The number of nitrogens with zero attached hydrogens (tertiary/aromatic N) is 3. The second-order valence-corrected chi connectivity index (χ2v) is 13.5. The van der Waals surface area contributed by atoms with Crippen molar-refractivity contribution in [1.29, 1.82) is 0 Å². The monoisotopic (exact) mass is 738 g/mol. The third-order valence-electron chi connectivity index (χ3n) is 9.47. The molecule has 0 radical (unpaired) electrons. The van der Waals surface area contributed by atoms with E-state index in [2.05, 4.69) is 22.1 Å². The Kier molecular flexibility index (Phi) is 10.6. The van der Waals surface area contributed by atoms with Gasteiger partial charge >= 0.3 is 0 Å². The molecule has 272 valence electrons. The average Bonchev–Trinajstić information content (AvgIpc) is 3.15. The van der Waals surface area contributed by atoms with Gasteiger partial charge in [0.15, 0.2) is 23.1 Å². The number of aromatic nitrogens is 2. The fourth-order valence-corrected chi connectivity index (χ4v) is 6.76. The van der Waals surface area contributed by atoms with Crippen LogP contribution in [0.5, 0.6) is 23.0 Å². The summed E-state index contributed by atoms with van der Waals surface area (Å²) in [6, 6.07) is 19.5. The Balaban J connectivity index is 1.08. The molecule has 12 heteroatoms. The van der Waals surface area contributed by atoms with Crippen molar-refractivity contribution in [1.82, 2.24) is 14.5 Å². The number of para-hydroxylation sites is 1. The maximum Gasteiger partial charge on any atom is 0.261 e. The van der Waals surface area contributed by atoms with Crippen LogP contribution in [-0.4, -0.2) is 53.7 Å². The van der Waals surface area contributed by atoms with Crippen LogP contribution >= 0.6 is 11.6 Å². The molecule has 0 saturated carbocycles. The smallest absolute Gasteiger partial charge is 0.261 e. The minimum Gasteiger partial charge on any atom is -0.493 e. The van der Waals surface area contributed by atoms with Crippen molar-refractivity contribution >= 4 is 45.0 Å². The number of fused-ring (bicyclic) bond motifs is 2. The maximum absolute atomic E-state index is 15.5. The van der Waals surface area contributed by atoms with Gasteiger partial charge in [0.05, 0.1) is 35.5 Å². The topological polar surface area (TPSA) is 94.9 Å². The zero-order valence-corrected chi connectivity index (χ0v) is 30.0. The number of piperidine rings is 1. The van der Waals surface area contributed by atoms with Gasteiger partial charge < -0.3 is 29.0 Å². The number of methoxy groups -OCH3 is 1. The number of anilines is 1. The van der Waals surface area contributed by atoms with Gasteiger partial charge in [-0.1, -0.05) is 30.7 Å². The Morgan fingerprint density at radius 2 is 1.75 bits per heavy atom. The lowest BCUT2D eigenvalue weighted by Gasteiger charge is -2.30. The molecule has 1 aliphatic heterocycles. The molecule has 7 rings (SSSR count). The third-order valence-corrected chi connectivity index (χ3v) is 9.79. The maximum atomic E-state index is 15.5. The summed E-state index contributed by atoms with van der Waals surface area (Å²) < 4.78 is 49.0. The molecule has 1 amide bonds. The summed E-state index contributed by atoms with van der Waals surface area (Å²) in [6.07, 6.45) is 6.19. The lowest BCUT2D eigenvalue weighted by Crippen LogP contribution is -2.34. The molecule has 0 spiro atoms. The third kappa shape index (κ3) is 7.81. The van der Waals surface area contributed by atoms with E-state index in [0.29, 0.717) is 45.5 Å². The highest BCUT2D eigenvalue weighted by molar-refractivity contribution is 6.32. The summed E-state index contributed by atoms with van der Waals surface area (Å²) in [7, 11) is 1.55. The van der Waals surface area contributed by atoms with Gasteiger partial charge in [-0.15, -0.1) is 0 Å². The number of halogens is 3. The summed E-state index contributed by atoms with van der Waals surface area (Å²) in [4.78, 5) is 33.9. The van der Waals surface area contributed by atoms with E-state index in [0.717, 1.165) is 44.1 Å². The van der Waals surface area contributed by atoms with E-state index >= 15 is 4.39 Å². The van der Waals surface area contributed by atoms with Gasteiger partial charge in [-0.25, -0.2) is 8.78 Å². The highest BCUT2D eigenvalue weighted by Gasteiger charge is 2.20. The van der Waals surface area contributed by atoms with Crippen molar-refractivity contribution in [3.63, 3.8) is 0 Å². The first-order valence-corrected chi connectivity index (χ1v) is 17.8. The Bertz CT molecular complexity index is 2380. The molecule has 1 fully saturated rings. The van der Waals surface area contributed by atoms with E-state index in [1.807, 2.05) is 0 Å². The molecular weight excluding hydrogens is 702 g/mol. The Labute approximate surface area is 309 Å². The zero-order valence-electron chi connectivity index (χ0n) is 29.2. The molecular formula is C41H37ClF2N4O5. The van der Waals surface area contributed by atoms with E-state index in [4.69, 9.17) is 25.8 Å². The summed E-state index contributed by atoms with van der Waals surface area (Å²) in [6.45, 7) is 6.04. The number of amides is 1. The average molecular weight is 739 g/mol. The van der Waals surface area contributed by atoms with E-state index < -0.39 is 23.0 Å². The first-order valence-electron chi connectivity index (χ1n) is 17.4. The van der Waals surface area contributed by atoms with Crippen molar-refractivity contribution in [3.8, 4) is 28.7 Å². The van der Waals surface area contributed by atoms with Crippen LogP contribution in [0.4, 0.5) is 14.5 Å². The Morgan fingerprint density at radius 3 is 2.53 bits per heavy atom. The molecule has 53 heavy (non-hydrogen) atoms. The van der Waals surface area contributed by atoms with Crippen molar-refractivity contribution in [2.24, 2.45) is 5.92 Å². The molecule has 0 atom stereocenters. The van der Waals surface area contributed by atoms with E-state index in [9.17, 15) is 14.0 Å². The summed E-state index contributed by atoms with van der Waals surface area (Å²) in [5.41, 5.74) is 0.460. The molecule has 0 aliphatic carbocycles. The van der Waals surface area contributed by atoms with Crippen molar-refractivity contribution < 1.29 is 27.8 Å². The number of nitrogens with one attached hydrogen (secondary N) is 1. The number of benzene rings is 4. The standard InChI is InChI=1S/C41H37ClF2N4O5/c1-25-13-17-47(18-14-25)16-5-19-52-39-23-33-29(22-38(39)51-2)36(12-15-45-33)53-37-11-9-27(21-32(37)44)46-41(50)30-24-48(34-7-4-3-6-31(34)42)35-20-26(43)8-10-28(35)40(30)49/h3-4,6-12,15,20-25H,5,13-14,16-19H2,1-2H3,(H,46,50). The molecule has 6 aromatic rings. The predicted molar refractivity (Wildman–Crippen MR) is 202 cm³/mol. The van der Waals surface area contributed by atoms with Gasteiger partial charge in [0.1, 0.15) is 17.1 Å². The molecule has 1 aliphatic rings. The molecule has 2 aromatic heterocycles. The Hall–Kier alpha value is -5.52. The van der Waals surface area contributed by atoms with Crippen LogP contribution in [0.15, 0.2) is 96.1 Å². The van der Waals surface area contributed by atoms with Gasteiger partial charge in [-0.2, -0.15) is 0 Å². The first-order chi connectivity index (χ1) is 25.7. The second kappa shape index (κ2) is 15.6. The minimum atomic E-state index is -0.790. The molecule has 1 N–H and O–H groups in total. The van der Waals surface area contributed by atoms with Crippen LogP contribution in [0, 0.1) is 17.6 Å². The van der Waals surface area contributed by atoms with Crippen LogP contribution in [-0.2, 0) is 0 Å². The van der Waals surface area contributed by atoms with Crippen LogP contribution in [0.2, 0.25) is 5.02 Å². The number of carbonyl (C=O) groups excluding carboxylic acids is 1. The van der Waals surface area contributed by atoms with Crippen molar-refractivity contribution in [3.05, 3.63) is 124 Å². The van der Waals surface area contributed by atoms with E-state index in [-0.39, 0.29) is 27.9 Å². The molecule has 0 unspecified atom stereocenters. The quantitative estimate of drug-likeness (QED) is 0.133. The number of rotatable bonds is 11. The fraction of sp³-hybridized carbons (Fsp3) is 0.244. The highest BCUT2D eigenvalue weighted by atomic mass is 35.5. The first kappa shape index (κ1) is 35.9. The SMILES string of the molecule is COc1cc2c(Oc3ccc(NC(=O)c4cn(-c5ccccc5Cl)c5cc(F)ccc5c4=O)cc3F)ccnc2cc1OCCCN1CCC(C)CC1. The molecule has 9 nitrogen and oxygen atoms in total. The number of hydrogen-bond donors (Lipinski definition) is 1. The number of ether oxygens (including phenoxy) is 3. The number of hydrogen-bond acceptors (Lipinski definition) is 7. The normalized spacial score (nSPS) is 13.7. The highest BCUT2D eigenvalue weighted by Crippen LogP contribution is 2.38. The van der Waals surface area contributed by atoms with E-state index in [1.165, 1.54) is 47.9 Å². The summed E-state index contributed by atoms with van der Waals surface area (Å²) in [5, 5.41) is 3.61. The molecule has 3 heterocycles. The summed E-state index contributed by atoms with van der Waals surface area (Å²) in [5.74, 6) is -0.0385. The second-order valence-electron chi connectivity index (χ2n) is 13.1. The van der Waals surface area contributed by atoms with Crippen molar-refractivity contribution in [2.45, 2.75) is 26.2 Å². The summed E-state index contributed by atoms with van der Waals surface area (Å²) >= 11 is 6.43. The van der Waals surface area contributed by atoms with Crippen LogP contribution in [0.1, 0.15) is 36.5 Å². The van der Waals surface area contributed by atoms with E-state index in [1.54, 1.807) is 55.8 Å². The molecule has 4 aromatic carbocycles. The van der Waals surface area contributed by atoms with Gasteiger partial charge in [0.25, 0.3) is 5.91 Å². The molecule has 0 bridgehead atoms. The van der Waals surface area contributed by atoms with Gasteiger partial charge in [0, 0.05) is 47.5 Å². The van der Waals surface area contributed by atoms with Gasteiger partial charge in [-0.3, -0.25) is 14.6 Å². The zero-order chi connectivity index (χ0) is 37.1. The van der Waals surface area contributed by atoms with Crippen LogP contribution in [0.25, 0.3) is 27.5 Å². The van der Waals surface area contributed by atoms with Gasteiger partial charge in [0.2, 0.25) is 5.43 Å². The lowest BCUT2D eigenvalue weighted by molar-refractivity contribution is 0.102.